The fraction of sp³-hybridized carbons (Fsp3) is 0.533. The number of carbonyl (C=O) groups is 1. The third kappa shape index (κ3) is 2.80. The van der Waals surface area contributed by atoms with Gasteiger partial charge in [-0.25, -0.2) is 0 Å². The monoisotopic (exact) mass is 260 g/mol. The van der Waals surface area contributed by atoms with Crippen molar-refractivity contribution in [3.05, 3.63) is 35.4 Å². The summed E-state index contributed by atoms with van der Waals surface area (Å²) in [7, 11) is 0. The Labute approximate surface area is 113 Å². The first kappa shape index (κ1) is 12.6. The third-order valence-electron chi connectivity index (χ3n) is 4.01. The average molecular weight is 260 g/mol. The van der Waals surface area contributed by atoms with Gasteiger partial charge in [-0.05, 0) is 24.0 Å². The van der Waals surface area contributed by atoms with Gasteiger partial charge in [0.2, 0.25) is 5.91 Å². The molecule has 2 unspecified atom stereocenters. The van der Waals surface area contributed by atoms with Gasteiger partial charge in [0, 0.05) is 19.6 Å². The number of benzene rings is 1. The molecule has 0 radical (unpaired) electrons. The zero-order valence-corrected chi connectivity index (χ0v) is 11.0. The SMILES string of the molecule is NCc1ccc(CC(=O)N2CC3CCC(C2)O3)cc1. The van der Waals surface area contributed by atoms with Crippen molar-refractivity contribution < 1.29 is 9.53 Å². The van der Waals surface area contributed by atoms with Gasteiger partial charge in [-0.15, -0.1) is 0 Å². The lowest BCUT2D eigenvalue weighted by molar-refractivity contribution is -0.139. The first-order chi connectivity index (χ1) is 9.24. The number of hydrogen-bond donors (Lipinski definition) is 1. The molecule has 0 saturated carbocycles. The van der Waals surface area contributed by atoms with E-state index in [0.29, 0.717) is 13.0 Å². The molecule has 2 aliphatic rings. The molecule has 19 heavy (non-hydrogen) atoms. The molecule has 2 aliphatic heterocycles. The van der Waals surface area contributed by atoms with Gasteiger partial charge in [-0.2, -0.15) is 0 Å². The predicted molar refractivity (Wildman–Crippen MR) is 72.5 cm³/mol. The van der Waals surface area contributed by atoms with Gasteiger partial charge >= 0.3 is 0 Å². The standard InChI is InChI=1S/C15H20N2O2/c16-8-12-3-1-11(2-4-12)7-15(18)17-9-13-5-6-14(10-17)19-13/h1-4,13-14H,5-10,16H2. The van der Waals surface area contributed by atoms with Crippen molar-refractivity contribution in [1.29, 1.82) is 0 Å². The van der Waals surface area contributed by atoms with Crippen LogP contribution >= 0.6 is 0 Å². The van der Waals surface area contributed by atoms with Crippen LogP contribution in [0.4, 0.5) is 0 Å². The Morgan fingerprint density at radius 1 is 1.16 bits per heavy atom. The molecule has 3 rings (SSSR count). The summed E-state index contributed by atoms with van der Waals surface area (Å²) in [6, 6.07) is 7.97. The Morgan fingerprint density at radius 3 is 2.32 bits per heavy atom. The van der Waals surface area contributed by atoms with Gasteiger partial charge in [0.25, 0.3) is 0 Å². The number of likely N-dealkylation sites (tertiary alicyclic amines) is 1. The second-order valence-electron chi connectivity index (χ2n) is 5.45. The normalized spacial score (nSPS) is 25.6. The van der Waals surface area contributed by atoms with Crippen molar-refractivity contribution in [2.24, 2.45) is 5.73 Å². The van der Waals surface area contributed by atoms with Crippen LogP contribution in [0.25, 0.3) is 0 Å². The van der Waals surface area contributed by atoms with Gasteiger partial charge in [-0.1, -0.05) is 24.3 Å². The largest absolute Gasteiger partial charge is 0.371 e. The smallest absolute Gasteiger partial charge is 0.227 e. The summed E-state index contributed by atoms with van der Waals surface area (Å²) in [4.78, 5) is 14.2. The first-order valence-electron chi connectivity index (χ1n) is 6.95. The highest BCUT2D eigenvalue weighted by atomic mass is 16.5. The quantitative estimate of drug-likeness (QED) is 0.884. The molecule has 1 amide bonds. The Bertz CT molecular complexity index is 446. The van der Waals surface area contributed by atoms with Gasteiger partial charge < -0.3 is 15.4 Å². The minimum atomic E-state index is 0.209. The number of carbonyl (C=O) groups excluding carboxylic acids is 1. The fourth-order valence-electron chi connectivity index (χ4n) is 2.90. The number of rotatable bonds is 3. The van der Waals surface area contributed by atoms with E-state index < -0.39 is 0 Å². The van der Waals surface area contributed by atoms with Crippen LogP contribution in [0.1, 0.15) is 24.0 Å². The first-order valence-corrected chi connectivity index (χ1v) is 6.95. The summed E-state index contributed by atoms with van der Waals surface area (Å²) < 4.78 is 5.75. The third-order valence-corrected chi connectivity index (χ3v) is 4.01. The van der Waals surface area contributed by atoms with E-state index in [1.54, 1.807) is 0 Å². The number of ether oxygens (including phenoxy) is 1. The second-order valence-corrected chi connectivity index (χ2v) is 5.45. The van der Waals surface area contributed by atoms with Crippen LogP contribution in [-0.2, 0) is 22.5 Å². The van der Waals surface area contributed by atoms with Crippen LogP contribution in [-0.4, -0.2) is 36.1 Å². The molecular formula is C15H20N2O2. The maximum Gasteiger partial charge on any atom is 0.227 e. The molecule has 2 fully saturated rings. The summed E-state index contributed by atoms with van der Waals surface area (Å²) in [5, 5.41) is 0. The van der Waals surface area contributed by atoms with E-state index in [2.05, 4.69) is 0 Å². The van der Waals surface area contributed by atoms with Crippen LogP contribution < -0.4 is 5.73 Å². The fourth-order valence-corrected chi connectivity index (χ4v) is 2.90. The highest BCUT2D eigenvalue weighted by molar-refractivity contribution is 5.79. The zero-order valence-electron chi connectivity index (χ0n) is 11.0. The van der Waals surface area contributed by atoms with Gasteiger partial charge in [-0.3, -0.25) is 4.79 Å². The van der Waals surface area contributed by atoms with E-state index in [-0.39, 0.29) is 18.1 Å². The number of nitrogens with two attached hydrogens (primary N) is 1. The second kappa shape index (κ2) is 5.31. The van der Waals surface area contributed by atoms with E-state index >= 15 is 0 Å². The topological polar surface area (TPSA) is 55.6 Å². The minimum absolute atomic E-state index is 0.209. The van der Waals surface area contributed by atoms with Crippen molar-refractivity contribution in [1.82, 2.24) is 4.90 Å². The molecule has 1 aromatic rings. The zero-order chi connectivity index (χ0) is 13.2. The number of hydrogen-bond acceptors (Lipinski definition) is 3. The highest BCUT2D eigenvalue weighted by Crippen LogP contribution is 2.26. The van der Waals surface area contributed by atoms with Crippen molar-refractivity contribution in [3.8, 4) is 0 Å². The molecular weight excluding hydrogens is 240 g/mol. The van der Waals surface area contributed by atoms with Crippen LogP contribution in [0.15, 0.2) is 24.3 Å². The maximum absolute atomic E-state index is 12.3. The van der Waals surface area contributed by atoms with Crippen LogP contribution in [0.5, 0.6) is 0 Å². The molecule has 2 atom stereocenters. The molecule has 0 aliphatic carbocycles. The molecule has 4 heteroatoms. The molecule has 2 bridgehead atoms. The number of fused-ring (bicyclic) bond motifs is 2. The van der Waals surface area contributed by atoms with Crippen molar-refractivity contribution >= 4 is 5.91 Å². The number of morpholine rings is 1. The van der Waals surface area contributed by atoms with E-state index in [1.807, 2.05) is 29.2 Å². The Hall–Kier alpha value is -1.39. The highest BCUT2D eigenvalue weighted by Gasteiger charge is 2.35. The van der Waals surface area contributed by atoms with Crippen molar-refractivity contribution in [3.63, 3.8) is 0 Å². The molecule has 102 valence electrons. The Kier molecular flexibility index (Phi) is 3.53. The lowest BCUT2D eigenvalue weighted by Gasteiger charge is -2.32. The van der Waals surface area contributed by atoms with E-state index in [1.165, 1.54) is 0 Å². The van der Waals surface area contributed by atoms with E-state index in [4.69, 9.17) is 10.5 Å². The summed E-state index contributed by atoms with van der Waals surface area (Å²) in [5.41, 5.74) is 7.72. The minimum Gasteiger partial charge on any atom is -0.371 e. The molecule has 2 N–H and O–H groups in total. The van der Waals surface area contributed by atoms with Gasteiger partial charge in [0.05, 0.1) is 18.6 Å². The van der Waals surface area contributed by atoms with Gasteiger partial charge in [0.1, 0.15) is 0 Å². The van der Waals surface area contributed by atoms with Crippen LogP contribution in [0.3, 0.4) is 0 Å². The summed E-state index contributed by atoms with van der Waals surface area (Å²) in [6.45, 7) is 2.06. The molecule has 1 aromatic carbocycles. The van der Waals surface area contributed by atoms with Crippen LogP contribution in [0, 0.1) is 0 Å². The molecule has 2 saturated heterocycles. The summed E-state index contributed by atoms with van der Waals surface area (Å²) >= 11 is 0. The van der Waals surface area contributed by atoms with E-state index in [9.17, 15) is 4.79 Å². The van der Waals surface area contributed by atoms with Gasteiger partial charge in [0.15, 0.2) is 0 Å². The Balaban J connectivity index is 1.61. The number of nitrogens with zero attached hydrogens (tertiary/aromatic N) is 1. The molecule has 2 heterocycles. The summed E-state index contributed by atoms with van der Waals surface area (Å²) in [5.74, 6) is 0.209. The maximum atomic E-state index is 12.3. The molecule has 0 spiro atoms. The lowest BCUT2D eigenvalue weighted by atomic mass is 10.1. The summed E-state index contributed by atoms with van der Waals surface area (Å²) in [6.07, 6.45) is 3.20. The van der Waals surface area contributed by atoms with Crippen molar-refractivity contribution in [2.45, 2.75) is 38.0 Å². The molecule has 0 aromatic heterocycles. The van der Waals surface area contributed by atoms with Crippen molar-refractivity contribution in [2.75, 3.05) is 13.1 Å². The van der Waals surface area contributed by atoms with E-state index in [0.717, 1.165) is 37.1 Å². The Morgan fingerprint density at radius 2 is 1.74 bits per heavy atom. The van der Waals surface area contributed by atoms with Crippen LogP contribution in [0.2, 0.25) is 0 Å². The molecule has 4 nitrogen and oxygen atoms in total. The average Bonchev–Trinajstić information content (AvgIpc) is 2.78. The predicted octanol–water partition coefficient (Wildman–Crippen LogP) is 1.08. The lowest BCUT2D eigenvalue weighted by Crippen LogP contribution is -2.46. The number of amides is 1.